The fourth-order valence-electron chi connectivity index (χ4n) is 4.56. The van der Waals surface area contributed by atoms with Gasteiger partial charge in [-0.2, -0.15) is 5.10 Å². The van der Waals surface area contributed by atoms with Gasteiger partial charge >= 0.3 is 0 Å². The molecule has 1 aliphatic heterocycles. The van der Waals surface area contributed by atoms with E-state index >= 15 is 0 Å². The summed E-state index contributed by atoms with van der Waals surface area (Å²) in [7, 11) is 0. The van der Waals surface area contributed by atoms with Crippen molar-refractivity contribution in [1.29, 1.82) is 0 Å². The third-order valence-corrected chi connectivity index (χ3v) is 7.38. The fourth-order valence-corrected chi connectivity index (χ4v) is 5.39. The van der Waals surface area contributed by atoms with Gasteiger partial charge in [-0.25, -0.2) is 14.1 Å². The number of halogens is 2. The highest BCUT2D eigenvalue weighted by atomic mass is 35.5. The predicted molar refractivity (Wildman–Crippen MR) is 144 cm³/mol. The van der Waals surface area contributed by atoms with Crippen molar-refractivity contribution >= 4 is 35.3 Å². The summed E-state index contributed by atoms with van der Waals surface area (Å²) in [5, 5.41) is 7.37. The Morgan fingerprint density at radius 3 is 2.50 bits per heavy atom. The molecule has 5 rings (SSSR count). The number of benzene rings is 2. The van der Waals surface area contributed by atoms with Gasteiger partial charge in [0.05, 0.1) is 17.8 Å². The Kier molecular flexibility index (Phi) is 8.06. The molecule has 4 aromatic rings. The number of carbonyl (C=O) groups excluding carboxylic acids is 1. The summed E-state index contributed by atoms with van der Waals surface area (Å²) in [6, 6.07) is 17.0. The van der Waals surface area contributed by atoms with Crippen LogP contribution in [-0.2, 0) is 17.6 Å². The van der Waals surface area contributed by atoms with Gasteiger partial charge in [0.2, 0.25) is 11.0 Å². The minimum atomic E-state index is -0.235. The van der Waals surface area contributed by atoms with Crippen molar-refractivity contribution in [2.45, 2.75) is 26.7 Å². The number of aromatic nitrogens is 3. The highest BCUT2D eigenvalue weighted by molar-refractivity contribution is 7.12. The van der Waals surface area contributed by atoms with E-state index in [1.807, 2.05) is 53.1 Å². The van der Waals surface area contributed by atoms with Crippen molar-refractivity contribution in [1.82, 2.24) is 19.7 Å². The van der Waals surface area contributed by atoms with Crippen LogP contribution in [0.5, 0.6) is 0 Å². The predicted octanol–water partition coefficient (Wildman–Crippen LogP) is 4.99. The second-order valence-corrected chi connectivity index (χ2v) is 9.71. The Morgan fingerprint density at radius 1 is 1.03 bits per heavy atom. The molecule has 1 amide bonds. The molecule has 0 unspecified atom stereocenters. The van der Waals surface area contributed by atoms with Crippen LogP contribution in [0, 0.1) is 19.7 Å². The molecule has 0 bridgehead atoms. The molecule has 1 aliphatic rings. The Labute approximate surface area is 220 Å². The fraction of sp³-hybridized carbons (Fsp3) is 0.296. The normalized spacial score (nSPS) is 13.5. The van der Waals surface area contributed by atoms with E-state index in [2.05, 4.69) is 22.1 Å². The first-order chi connectivity index (χ1) is 17.0. The Hall–Kier alpha value is -3.23. The number of carbonyl (C=O) groups is 1. The molecule has 0 radical (unpaired) electrons. The first kappa shape index (κ1) is 25.9. The summed E-state index contributed by atoms with van der Waals surface area (Å²) in [5.74, 6) is -0.129. The lowest BCUT2D eigenvalue weighted by atomic mass is 10.0. The van der Waals surface area contributed by atoms with E-state index in [9.17, 15) is 9.18 Å². The van der Waals surface area contributed by atoms with Crippen molar-refractivity contribution in [3.05, 3.63) is 94.0 Å². The maximum atomic E-state index is 13.6. The third kappa shape index (κ3) is 5.60. The molecular formula is C27H29ClFN5OS. The van der Waals surface area contributed by atoms with Crippen LogP contribution in [0.3, 0.4) is 0 Å². The summed E-state index contributed by atoms with van der Waals surface area (Å²) in [6.07, 6.45) is 0.901. The topological polar surface area (TPSA) is 54.3 Å². The molecule has 0 atom stereocenters. The number of aryl methyl sites for hydroxylation is 1. The number of piperazine rings is 1. The molecule has 2 aromatic carbocycles. The van der Waals surface area contributed by atoms with E-state index in [1.165, 1.54) is 23.1 Å². The van der Waals surface area contributed by atoms with Gasteiger partial charge in [0.1, 0.15) is 5.82 Å². The molecule has 6 nitrogen and oxygen atoms in total. The van der Waals surface area contributed by atoms with Crippen molar-refractivity contribution in [3.63, 3.8) is 0 Å². The van der Waals surface area contributed by atoms with Crippen LogP contribution in [0.4, 0.5) is 10.1 Å². The first-order valence-corrected chi connectivity index (χ1v) is 12.7. The van der Waals surface area contributed by atoms with Crippen molar-refractivity contribution in [3.8, 4) is 5.13 Å². The van der Waals surface area contributed by atoms with Crippen LogP contribution in [0.1, 0.15) is 28.2 Å². The number of hydrogen-bond acceptors (Lipinski definition) is 5. The number of hydrogen-bond donors (Lipinski definition) is 0. The summed E-state index contributed by atoms with van der Waals surface area (Å²) in [5.41, 5.74) is 5.82. The molecule has 0 aliphatic carbocycles. The van der Waals surface area contributed by atoms with E-state index in [0.29, 0.717) is 19.5 Å². The summed E-state index contributed by atoms with van der Waals surface area (Å²) in [6.45, 7) is 7.06. The average molecular weight is 526 g/mol. The van der Waals surface area contributed by atoms with Crippen LogP contribution in [0.25, 0.3) is 5.13 Å². The van der Waals surface area contributed by atoms with Gasteiger partial charge < -0.3 is 9.80 Å². The quantitative estimate of drug-likeness (QED) is 0.356. The standard InChI is InChI=1S/C27H28FN5OS.ClH/c1-19-25(16-21-7-6-8-22(28)15-21)20(2)33(30-19)27-29-23(18-35-27)17-26(34)32-13-11-31(12-14-32)24-9-4-3-5-10-24;/h3-10,15,18H,11-14,16-17H2,1-2H3;1H. The lowest BCUT2D eigenvalue weighted by Gasteiger charge is -2.36. The van der Waals surface area contributed by atoms with Crippen molar-refractivity contribution in [2.75, 3.05) is 31.1 Å². The summed E-state index contributed by atoms with van der Waals surface area (Å²) >= 11 is 1.48. The van der Waals surface area contributed by atoms with Gasteiger partial charge in [-0.05, 0) is 43.7 Å². The first-order valence-electron chi connectivity index (χ1n) is 11.8. The van der Waals surface area contributed by atoms with Gasteiger partial charge in [-0.1, -0.05) is 30.3 Å². The molecule has 1 fully saturated rings. The Balaban J connectivity index is 0.00000304. The molecule has 188 valence electrons. The van der Waals surface area contributed by atoms with Gasteiger partial charge in [0.25, 0.3) is 0 Å². The monoisotopic (exact) mass is 525 g/mol. The number of para-hydroxylation sites is 1. The molecule has 0 N–H and O–H groups in total. The lowest BCUT2D eigenvalue weighted by molar-refractivity contribution is -0.130. The van der Waals surface area contributed by atoms with Crippen LogP contribution in [-0.4, -0.2) is 51.8 Å². The van der Waals surface area contributed by atoms with Gasteiger partial charge in [0.15, 0.2) is 0 Å². The van der Waals surface area contributed by atoms with Crippen molar-refractivity contribution in [2.24, 2.45) is 0 Å². The molecule has 9 heteroatoms. The molecule has 0 saturated carbocycles. The van der Waals surface area contributed by atoms with E-state index in [4.69, 9.17) is 4.98 Å². The zero-order chi connectivity index (χ0) is 24.4. The smallest absolute Gasteiger partial charge is 0.228 e. The minimum absolute atomic E-state index is 0. The molecule has 2 aromatic heterocycles. The number of thiazole rings is 1. The summed E-state index contributed by atoms with van der Waals surface area (Å²) in [4.78, 5) is 21.9. The molecule has 0 spiro atoms. The summed E-state index contributed by atoms with van der Waals surface area (Å²) < 4.78 is 15.5. The molecule has 1 saturated heterocycles. The average Bonchev–Trinajstić information content (AvgIpc) is 3.44. The number of amides is 1. The highest BCUT2D eigenvalue weighted by Gasteiger charge is 2.23. The zero-order valence-corrected chi connectivity index (χ0v) is 22.0. The molecule has 3 heterocycles. The second kappa shape index (κ2) is 11.2. The van der Waals surface area contributed by atoms with Gasteiger partial charge in [-0.15, -0.1) is 23.7 Å². The Bertz CT molecular complexity index is 1330. The largest absolute Gasteiger partial charge is 0.368 e. The SMILES string of the molecule is Cc1nn(-c2nc(CC(=O)N3CCN(c4ccccc4)CC3)cs2)c(C)c1Cc1cccc(F)c1.Cl. The molecule has 36 heavy (non-hydrogen) atoms. The van der Waals surface area contributed by atoms with Crippen LogP contribution >= 0.6 is 23.7 Å². The Morgan fingerprint density at radius 2 is 1.78 bits per heavy atom. The van der Waals surface area contributed by atoms with Crippen LogP contribution < -0.4 is 4.90 Å². The van der Waals surface area contributed by atoms with E-state index in [-0.39, 0.29) is 30.6 Å². The van der Waals surface area contributed by atoms with Crippen LogP contribution in [0.2, 0.25) is 0 Å². The zero-order valence-electron chi connectivity index (χ0n) is 20.4. The maximum Gasteiger partial charge on any atom is 0.228 e. The third-order valence-electron chi connectivity index (χ3n) is 6.52. The number of anilines is 1. The highest BCUT2D eigenvalue weighted by Crippen LogP contribution is 2.24. The second-order valence-electron chi connectivity index (χ2n) is 8.87. The van der Waals surface area contributed by atoms with Crippen LogP contribution in [0.15, 0.2) is 60.0 Å². The lowest BCUT2D eigenvalue weighted by Crippen LogP contribution is -2.49. The molecular weight excluding hydrogens is 497 g/mol. The number of rotatable bonds is 6. The van der Waals surface area contributed by atoms with E-state index < -0.39 is 0 Å². The van der Waals surface area contributed by atoms with E-state index in [1.54, 1.807) is 12.1 Å². The van der Waals surface area contributed by atoms with E-state index in [0.717, 1.165) is 46.4 Å². The van der Waals surface area contributed by atoms with Gasteiger partial charge in [0, 0.05) is 54.9 Å². The number of nitrogens with zero attached hydrogens (tertiary/aromatic N) is 5. The van der Waals surface area contributed by atoms with Gasteiger partial charge in [-0.3, -0.25) is 4.79 Å². The van der Waals surface area contributed by atoms with Crippen molar-refractivity contribution < 1.29 is 9.18 Å². The maximum absolute atomic E-state index is 13.6. The minimum Gasteiger partial charge on any atom is -0.368 e.